The summed E-state index contributed by atoms with van der Waals surface area (Å²) in [5.41, 5.74) is 5.50. The first-order chi connectivity index (χ1) is 5.75. The third kappa shape index (κ3) is 1.92. The highest BCUT2D eigenvalue weighted by atomic mass is 32.1. The van der Waals surface area contributed by atoms with Gasteiger partial charge in [0.25, 0.3) is 0 Å². The zero-order valence-electron chi connectivity index (χ0n) is 6.90. The summed E-state index contributed by atoms with van der Waals surface area (Å²) in [6.45, 7) is 2.72. The van der Waals surface area contributed by atoms with Crippen molar-refractivity contribution in [1.82, 2.24) is 4.98 Å². The molecule has 0 aliphatic heterocycles. The van der Waals surface area contributed by atoms with E-state index in [1.165, 1.54) is 0 Å². The maximum Gasteiger partial charge on any atom is 0.171 e. The Balaban J connectivity index is 2.88. The van der Waals surface area contributed by atoms with Gasteiger partial charge in [0.15, 0.2) is 5.11 Å². The average Bonchev–Trinajstić information content (AvgIpc) is 2.07. The highest BCUT2D eigenvalue weighted by molar-refractivity contribution is 7.80. The molecular weight excluding hydrogens is 170 g/mol. The highest BCUT2D eigenvalue weighted by Crippen LogP contribution is 2.07. The van der Waals surface area contributed by atoms with Gasteiger partial charge in [0.1, 0.15) is 5.82 Å². The molecule has 1 heterocycles. The van der Waals surface area contributed by atoms with E-state index in [1.807, 2.05) is 25.1 Å². The molecule has 0 aliphatic carbocycles. The largest absolute Gasteiger partial charge is 0.376 e. The van der Waals surface area contributed by atoms with Crippen LogP contribution in [0.2, 0.25) is 0 Å². The van der Waals surface area contributed by atoms with Gasteiger partial charge in [0, 0.05) is 12.7 Å². The predicted octanol–water partition coefficient (Wildman–Crippen LogP) is 1.15. The fourth-order valence-electron chi connectivity index (χ4n) is 0.944. The van der Waals surface area contributed by atoms with E-state index in [4.69, 9.17) is 18.0 Å². The van der Waals surface area contributed by atoms with Crippen molar-refractivity contribution in [1.29, 1.82) is 0 Å². The van der Waals surface area contributed by atoms with Crippen molar-refractivity contribution in [3.63, 3.8) is 0 Å². The van der Waals surface area contributed by atoms with Crippen LogP contribution in [0.5, 0.6) is 0 Å². The van der Waals surface area contributed by atoms with Crippen molar-refractivity contribution in [2.24, 2.45) is 5.73 Å². The molecule has 1 aromatic heterocycles. The molecule has 4 heteroatoms. The van der Waals surface area contributed by atoms with E-state index >= 15 is 0 Å². The molecule has 0 amide bonds. The Morgan fingerprint density at radius 1 is 1.67 bits per heavy atom. The van der Waals surface area contributed by atoms with E-state index in [1.54, 1.807) is 11.1 Å². The zero-order chi connectivity index (χ0) is 8.97. The molecule has 0 aliphatic rings. The second-order valence-corrected chi connectivity index (χ2v) is 2.69. The van der Waals surface area contributed by atoms with Crippen LogP contribution in [0.25, 0.3) is 0 Å². The Bertz CT molecular complexity index is 260. The van der Waals surface area contributed by atoms with Gasteiger partial charge in [-0.1, -0.05) is 6.07 Å². The number of hydrogen-bond donors (Lipinski definition) is 1. The van der Waals surface area contributed by atoms with Crippen LogP contribution in [0.15, 0.2) is 24.4 Å². The van der Waals surface area contributed by atoms with Crippen LogP contribution in [0, 0.1) is 0 Å². The Hall–Kier alpha value is -1.16. The predicted molar refractivity (Wildman–Crippen MR) is 54.0 cm³/mol. The first-order valence-electron chi connectivity index (χ1n) is 3.73. The molecule has 0 atom stereocenters. The number of aromatic nitrogens is 1. The van der Waals surface area contributed by atoms with Crippen LogP contribution >= 0.6 is 12.2 Å². The molecule has 0 unspecified atom stereocenters. The lowest BCUT2D eigenvalue weighted by Gasteiger charge is -2.18. The molecule has 0 saturated carbocycles. The number of anilines is 1. The van der Waals surface area contributed by atoms with Gasteiger partial charge in [-0.2, -0.15) is 0 Å². The summed E-state index contributed by atoms with van der Waals surface area (Å²) in [6, 6.07) is 5.64. The lowest BCUT2D eigenvalue weighted by molar-refractivity contribution is 1.02. The van der Waals surface area contributed by atoms with Gasteiger partial charge in [0.2, 0.25) is 0 Å². The summed E-state index contributed by atoms with van der Waals surface area (Å²) in [5.74, 6) is 0.799. The highest BCUT2D eigenvalue weighted by Gasteiger charge is 2.05. The van der Waals surface area contributed by atoms with Gasteiger partial charge in [-0.15, -0.1) is 0 Å². The summed E-state index contributed by atoms with van der Waals surface area (Å²) in [5, 5.41) is 0.358. The fourth-order valence-corrected chi connectivity index (χ4v) is 1.17. The molecule has 2 N–H and O–H groups in total. The first kappa shape index (κ1) is 8.93. The molecule has 0 aromatic carbocycles. The van der Waals surface area contributed by atoms with Crippen molar-refractivity contribution in [3.8, 4) is 0 Å². The number of nitrogens with zero attached hydrogens (tertiary/aromatic N) is 2. The minimum atomic E-state index is 0.358. The maximum absolute atomic E-state index is 5.50. The van der Waals surface area contributed by atoms with Crippen molar-refractivity contribution in [2.75, 3.05) is 11.4 Å². The quantitative estimate of drug-likeness (QED) is 0.695. The normalized spacial score (nSPS) is 9.42. The van der Waals surface area contributed by atoms with Gasteiger partial charge in [-0.3, -0.25) is 0 Å². The topological polar surface area (TPSA) is 42.1 Å². The lowest BCUT2D eigenvalue weighted by Crippen LogP contribution is -2.35. The molecule has 1 rings (SSSR count). The molecule has 0 radical (unpaired) electrons. The third-order valence-corrected chi connectivity index (χ3v) is 1.73. The van der Waals surface area contributed by atoms with Crippen molar-refractivity contribution in [2.45, 2.75) is 6.92 Å². The standard InChI is InChI=1S/C8H11N3S/c1-2-11(8(9)12)7-5-3-4-6-10-7/h3-6H,2H2,1H3,(H2,9,12). The zero-order valence-corrected chi connectivity index (χ0v) is 7.71. The van der Waals surface area contributed by atoms with Gasteiger partial charge in [0.05, 0.1) is 0 Å². The van der Waals surface area contributed by atoms with Crippen LogP contribution in [0.1, 0.15) is 6.92 Å². The van der Waals surface area contributed by atoms with E-state index in [9.17, 15) is 0 Å². The van der Waals surface area contributed by atoms with Gasteiger partial charge < -0.3 is 10.6 Å². The van der Waals surface area contributed by atoms with Crippen LogP contribution in [-0.4, -0.2) is 16.6 Å². The fraction of sp³-hybridized carbons (Fsp3) is 0.250. The Morgan fingerprint density at radius 3 is 2.83 bits per heavy atom. The lowest BCUT2D eigenvalue weighted by atomic mass is 10.4. The van der Waals surface area contributed by atoms with E-state index < -0.39 is 0 Å². The molecule has 12 heavy (non-hydrogen) atoms. The molecule has 64 valence electrons. The molecule has 0 saturated heterocycles. The number of hydrogen-bond acceptors (Lipinski definition) is 2. The molecule has 3 nitrogen and oxygen atoms in total. The van der Waals surface area contributed by atoms with Crippen LogP contribution in [0.3, 0.4) is 0 Å². The second-order valence-electron chi connectivity index (χ2n) is 2.27. The smallest absolute Gasteiger partial charge is 0.171 e. The van der Waals surface area contributed by atoms with E-state index in [2.05, 4.69) is 4.98 Å². The van der Waals surface area contributed by atoms with Crippen LogP contribution < -0.4 is 10.6 Å². The summed E-state index contributed by atoms with van der Waals surface area (Å²) in [6.07, 6.45) is 1.72. The maximum atomic E-state index is 5.50. The minimum absolute atomic E-state index is 0.358. The van der Waals surface area contributed by atoms with Gasteiger partial charge in [-0.25, -0.2) is 4.98 Å². The molecule has 0 spiro atoms. The summed E-state index contributed by atoms with van der Waals surface area (Å²) >= 11 is 4.86. The minimum Gasteiger partial charge on any atom is -0.376 e. The van der Waals surface area contributed by atoms with E-state index in [0.717, 1.165) is 12.4 Å². The van der Waals surface area contributed by atoms with Crippen LogP contribution in [0.4, 0.5) is 5.82 Å². The second kappa shape index (κ2) is 4.01. The molecule has 0 fully saturated rings. The van der Waals surface area contributed by atoms with Gasteiger partial charge >= 0.3 is 0 Å². The Morgan fingerprint density at radius 2 is 2.42 bits per heavy atom. The third-order valence-electron chi connectivity index (χ3n) is 1.51. The number of thiocarbonyl (C=S) groups is 1. The summed E-state index contributed by atoms with van der Waals surface area (Å²) < 4.78 is 0. The Kier molecular flexibility index (Phi) is 2.99. The Labute approximate surface area is 77.2 Å². The number of rotatable bonds is 2. The molecule has 1 aromatic rings. The average molecular weight is 181 g/mol. The van der Waals surface area contributed by atoms with E-state index in [0.29, 0.717) is 5.11 Å². The van der Waals surface area contributed by atoms with Gasteiger partial charge in [-0.05, 0) is 31.3 Å². The number of pyridine rings is 1. The monoisotopic (exact) mass is 181 g/mol. The van der Waals surface area contributed by atoms with Crippen molar-refractivity contribution >= 4 is 23.1 Å². The molecular formula is C8H11N3S. The summed E-state index contributed by atoms with van der Waals surface area (Å²) in [7, 11) is 0. The molecule has 0 bridgehead atoms. The van der Waals surface area contributed by atoms with Crippen molar-refractivity contribution < 1.29 is 0 Å². The number of nitrogens with two attached hydrogens (primary N) is 1. The first-order valence-corrected chi connectivity index (χ1v) is 4.14. The van der Waals surface area contributed by atoms with Crippen molar-refractivity contribution in [3.05, 3.63) is 24.4 Å². The van der Waals surface area contributed by atoms with Crippen LogP contribution in [-0.2, 0) is 0 Å². The summed E-state index contributed by atoms with van der Waals surface area (Å²) in [4.78, 5) is 5.90. The van der Waals surface area contributed by atoms with E-state index in [-0.39, 0.29) is 0 Å². The SMILES string of the molecule is CCN(C(N)=S)c1ccccn1.